The zero-order chi connectivity index (χ0) is 17.1. The zero-order valence-electron chi connectivity index (χ0n) is 13.0. The van der Waals surface area contributed by atoms with Crippen LogP contribution in [0.4, 0.5) is 5.69 Å². The number of halogens is 1. The van der Waals surface area contributed by atoms with Crippen LogP contribution >= 0.6 is 11.6 Å². The first kappa shape index (κ1) is 16.1. The summed E-state index contributed by atoms with van der Waals surface area (Å²) in [6.07, 6.45) is 2.56. The van der Waals surface area contributed by atoms with Gasteiger partial charge in [-0.15, -0.1) is 0 Å². The second kappa shape index (κ2) is 6.77. The van der Waals surface area contributed by atoms with Crippen LogP contribution in [0.3, 0.4) is 0 Å². The molecular formula is C19H15ClN2O2. The average Bonchev–Trinajstić information content (AvgIpc) is 2.94. The van der Waals surface area contributed by atoms with Gasteiger partial charge in [0.2, 0.25) is 0 Å². The summed E-state index contributed by atoms with van der Waals surface area (Å²) in [7, 11) is 0. The van der Waals surface area contributed by atoms with Crippen LogP contribution in [0.25, 0.3) is 6.08 Å². The summed E-state index contributed by atoms with van der Waals surface area (Å²) < 4.78 is 5.65. The van der Waals surface area contributed by atoms with E-state index < -0.39 is 5.91 Å². The molecule has 0 radical (unpaired) electrons. The van der Waals surface area contributed by atoms with Crippen molar-refractivity contribution in [3.63, 3.8) is 0 Å². The Hall–Kier alpha value is -2.77. The van der Waals surface area contributed by atoms with Crippen LogP contribution in [0.5, 0.6) is 5.75 Å². The maximum Gasteiger partial charge on any atom is 0.266 e. The summed E-state index contributed by atoms with van der Waals surface area (Å²) in [5.74, 6) is 0.411. The Morgan fingerprint density at radius 2 is 2.08 bits per heavy atom. The van der Waals surface area contributed by atoms with Gasteiger partial charge in [-0.3, -0.25) is 4.79 Å². The van der Waals surface area contributed by atoms with Crippen molar-refractivity contribution in [1.82, 2.24) is 0 Å². The predicted octanol–water partition coefficient (Wildman–Crippen LogP) is 4.21. The molecule has 1 N–H and O–H groups in total. The maximum atomic E-state index is 12.3. The Balaban J connectivity index is 1.79. The topological polar surface area (TPSA) is 62.1 Å². The number of ether oxygens (including phenoxy) is 1. The fourth-order valence-electron chi connectivity index (χ4n) is 2.58. The van der Waals surface area contributed by atoms with Crippen LogP contribution in [-0.4, -0.2) is 12.0 Å². The average molecular weight is 339 g/mol. The normalized spacial score (nSPS) is 16.0. The third kappa shape index (κ3) is 3.58. The summed E-state index contributed by atoms with van der Waals surface area (Å²) in [5.41, 5.74) is 2.51. The lowest BCUT2D eigenvalue weighted by Crippen LogP contribution is -2.13. The maximum absolute atomic E-state index is 12.3. The van der Waals surface area contributed by atoms with E-state index in [2.05, 4.69) is 5.32 Å². The third-order valence-electron chi connectivity index (χ3n) is 3.70. The molecular weight excluding hydrogens is 324 g/mol. The third-order valence-corrected chi connectivity index (χ3v) is 3.95. The number of nitrogens with one attached hydrogen (secondary N) is 1. The fourth-order valence-corrected chi connectivity index (χ4v) is 2.70. The van der Waals surface area contributed by atoms with Crippen LogP contribution in [0.1, 0.15) is 18.1 Å². The van der Waals surface area contributed by atoms with Crippen molar-refractivity contribution < 1.29 is 9.53 Å². The lowest BCUT2D eigenvalue weighted by molar-refractivity contribution is -0.112. The van der Waals surface area contributed by atoms with Gasteiger partial charge >= 0.3 is 0 Å². The van der Waals surface area contributed by atoms with Gasteiger partial charge in [0.15, 0.2) is 0 Å². The predicted molar refractivity (Wildman–Crippen MR) is 93.9 cm³/mol. The molecule has 0 aliphatic carbocycles. The minimum absolute atomic E-state index is 0.0388. The molecule has 5 heteroatoms. The first-order chi connectivity index (χ1) is 11.5. The van der Waals surface area contributed by atoms with E-state index in [1.807, 2.05) is 31.2 Å². The fraction of sp³-hybridized carbons (Fsp3) is 0.158. The summed E-state index contributed by atoms with van der Waals surface area (Å²) in [6.45, 7) is 2.01. The number of benzene rings is 2. The quantitative estimate of drug-likeness (QED) is 0.673. The zero-order valence-corrected chi connectivity index (χ0v) is 13.8. The molecule has 4 nitrogen and oxygen atoms in total. The lowest BCUT2D eigenvalue weighted by Gasteiger charge is -2.05. The minimum atomic E-state index is -0.454. The molecule has 1 amide bonds. The van der Waals surface area contributed by atoms with E-state index in [0.717, 1.165) is 23.3 Å². The van der Waals surface area contributed by atoms with Gasteiger partial charge < -0.3 is 10.1 Å². The van der Waals surface area contributed by atoms with Gasteiger partial charge in [0.1, 0.15) is 23.5 Å². The number of carbonyl (C=O) groups is 1. The largest absolute Gasteiger partial charge is 0.490 e. The number of carbonyl (C=O) groups excluding carboxylic acids is 1. The summed E-state index contributed by atoms with van der Waals surface area (Å²) >= 11 is 5.82. The number of anilines is 1. The molecule has 3 rings (SSSR count). The van der Waals surface area contributed by atoms with E-state index in [-0.39, 0.29) is 11.7 Å². The molecule has 0 saturated heterocycles. The van der Waals surface area contributed by atoms with E-state index in [0.29, 0.717) is 10.7 Å². The molecule has 1 heterocycles. The van der Waals surface area contributed by atoms with Crippen molar-refractivity contribution >= 4 is 29.3 Å². The molecule has 24 heavy (non-hydrogen) atoms. The molecule has 1 atom stereocenters. The summed E-state index contributed by atoms with van der Waals surface area (Å²) in [5, 5.41) is 12.6. The van der Waals surface area contributed by atoms with Crippen molar-refractivity contribution in [3.05, 3.63) is 64.2 Å². The van der Waals surface area contributed by atoms with Crippen LogP contribution in [0.15, 0.2) is 48.0 Å². The number of nitrogens with zero attached hydrogens (tertiary/aromatic N) is 1. The standard InChI is InChI=1S/C19H15ClN2O2/c1-12-8-14-9-13(2-7-18(14)24-12)10-15(11-21)19(23)22-17-5-3-16(20)4-6-17/h2-7,9-10,12H,8H2,1H3,(H,22,23)/b15-10-/t12-/m0/s1. The van der Waals surface area contributed by atoms with Crippen molar-refractivity contribution in [2.75, 3.05) is 5.32 Å². The monoisotopic (exact) mass is 338 g/mol. The second-order valence-electron chi connectivity index (χ2n) is 5.63. The molecule has 0 saturated carbocycles. The highest BCUT2D eigenvalue weighted by Gasteiger charge is 2.19. The highest BCUT2D eigenvalue weighted by molar-refractivity contribution is 6.30. The number of amides is 1. The number of nitriles is 1. The molecule has 0 spiro atoms. The molecule has 1 aliphatic rings. The van der Waals surface area contributed by atoms with E-state index in [1.54, 1.807) is 30.3 Å². The van der Waals surface area contributed by atoms with Gasteiger partial charge in [0.05, 0.1) is 0 Å². The molecule has 120 valence electrons. The smallest absolute Gasteiger partial charge is 0.266 e. The van der Waals surface area contributed by atoms with Crippen molar-refractivity contribution in [1.29, 1.82) is 5.26 Å². The highest BCUT2D eigenvalue weighted by atomic mass is 35.5. The second-order valence-corrected chi connectivity index (χ2v) is 6.07. The Morgan fingerprint density at radius 1 is 1.33 bits per heavy atom. The molecule has 0 unspecified atom stereocenters. The SMILES string of the molecule is C[C@H]1Cc2cc(/C=C(/C#N)C(=O)Nc3ccc(Cl)cc3)ccc2O1. The van der Waals surface area contributed by atoms with E-state index in [1.165, 1.54) is 0 Å². The molecule has 2 aromatic carbocycles. The first-order valence-corrected chi connectivity index (χ1v) is 7.91. The van der Waals surface area contributed by atoms with Gasteiger partial charge in [0, 0.05) is 17.1 Å². The first-order valence-electron chi connectivity index (χ1n) is 7.53. The Labute approximate surface area is 145 Å². The molecule has 2 aromatic rings. The van der Waals surface area contributed by atoms with Gasteiger partial charge in [-0.05, 0) is 60.5 Å². The molecule has 1 aliphatic heterocycles. The number of hydrogen-bond acceptors (Lipinski definition) is 3. The van der Waals surface area contributed by atoms with Crippen molar-refractivity contribution in [2.45, 2.75) is 19.4 Å². The molecule has 0 bridgehead atoms. The molecule has 0 fully saturated rings. The Bertz CT molecular complexity index is 851. The van der Waals surface area contributed by atoms with Crippen LogP contribution in [0, 0.1) is 11.3 Å². The van der Waals surface area contributed by atoms with E-state index in [4.69, 9.17) is 16.3 Å². The van der Waals surface area contributed by atoms with E-state index >= 15 is 0 Å². The summed E-state index contributed by atoms with van der Waals surface area (Å²) in [4.78, 5) is 12.3. The summed E-state index contributed by atoms with van der Waals surface area (Å²) in [6, 6.07) is 14.3. The number of fused-ring (bicyclic) bond motifs is 1. The van der Waals surface area contributed by atoms with Crippen LogP contribution in [-0.2, 0) is 11.2 Å². The lowest BCUT2D eigenvalue weighted by atomic mass is 10.0. The van der Waals surface area contributed by atoms with Crippen molar-refractivity contribution in [2.24, 2.45) is 0 Å². The van der Waals surface area contributed by atoms with Gasteiger partial charge in [-0.1, -0.05) is 17.7 Å². The van der Waals surface area contributed by atoms with Crippen LogP contribution in [0.2, 0.25) is 5.02 Å². The number of hydrogen-bond donors (Lipinski definition) is 1. The van der Waals surface area contributed by atoms with Gasteiger partial charge in [-0.25, -0.2) is 0 Å². The van der Waals surface area contributed by atoms with Crippen LogP contribution < -0.4 is 10.1 Å². The molecule has 0 aromatic heterocycles. The minimum Gasteiger partial charge on any atom is -0.490 e. The van der Waals surface area contributed by atoms with Gasteiger partial charge in [-0.2, -0.15) is 5.26 Å². The van der Waals surface area contributed by atoms with Crippen molar-refractivity contribution in [3.8, 4) is 11.8 Å². The van der Waals surface area contributed by atoms with Gasteiger partial charge in [0.25, 0.3) is 5.91 Å². The Morgan fingerprint density at radius 3 is 2.79 bits per heavy atom. The highest BCUT2D eigenvalue weighted by Crippen LogP contribution is 2.30. The Kier molecular flexibility index (Phi) is 4.54. The number of rotatable bonds is 3. The van der Waals surface area contributed by atoms with E-state index in [9.17, 15) is 10.1 Å².